The molecule has 0 unspecified atom stereocenters. The fourth-order valence-corrected chi connectivity index (χ4v) is 2.97. The Morgan fingerprint density at radius 3 is 2.31 bits per heavy atom. The van der Waals surface area contributed by atoms with Crippen molar-refractivity contribution < 1.29 is 9.52 Å². The number of hydrogen-bond donors (Lipinski definition) is 1. The SMILES string of the molecule is Cc1cccc(C)c1N=c1oc2ccccc2nc1-c1ccccc1O. The highest BCUT2D eigenvalue weighted by molar-refractivity contribution is 5.76. The van der Waals surface area contributed by atoms with E-state index in [4.69, 9.17) is 14.4 Å². The van der Waals surface area contributed by atoms with Gasteiger partial charge in [0.1, 0.15) is 17.0 Å². The minimum Gasteiger partial charge on any atom is -0.507 e. The smallest absolute Gasteiger partial charge is 0.246 e. The Labute approximate surface area is 151 Å². The van der Waals surface area contributed by atoms with E-state index in [-0.39, 0.29) is 5.75 Å². The number of benzene rings is 3. The first-order valence-electron chi connectivity index (χ1n) is 8.42. The van der Waals surface area contributed by atoms with Gasteiger partial charge >= 0.3 is 0 Å². The molecule has 0 bridgehead atoms. The lowest BCUT2D eigenvalue weighted by atomic mass is 10.1. The molecule has 0 atom stereocenters. The van der Waals surface area contributed by atoms with Crippen molar-refractivity contribution in [2.45, 2.75) is 13.8 Å². The first kappa shape index (κ1) is 16.1. The van der Waals surface area contributed by atoms with E-state index in [9.17, 15) is 5.11 Å². The Balaban J connectivity index is 2.09. The molecule has 0 amide bonds. The predicted molar refractivity (Wildman–Crippen MR) is 102 cm³/mol. The van der Waals surface area contributed by atoms with Gasteiger partial charge in [0.2, 0.25) is 5.55 Å². The van der Waals surface area contributed by atoms with E-state index in [2.05, 4.69) is 0 Å². The molecule has 0 radical (unpaired) electrons. The van der Waals surface area contributed by atoms with E-state index in [0.717, 1.165) is 16.8 Å². The van der Waals surface area contributed by atoms with Crippen LogP contribution >= 0.6 is 0 Å². The Morgan fingerprint density at radius 2 is 1.54 bits per heavy atom. The van der Waals surface area contributed by atoms with Gasteiger partial charge in [-0.2, -0.15) is 0 Å². The van der Waals surface area contributed by atoms with Crippen molar-refractivity contribution in [1.29, 1.82) is 0 Å². The molecule has 0 saturated heterocycles. The molecule has 26 heavy (non-hydrogen) atoms. The molecule has 4 rings (SSSR count). The minimum absolute atomic E-state index is 0.142. The average Bonchev–Trinajstić information content (AvgIpc) is 2.65. The monoisotopic (exact) mass is 342 g/mol. The van der Waals surface area contributed by atoms with Gasteiger partial charge in [-0.25, -0.2) is 9.98 Å². The summed E-state index contributed by atoms with van der Waals surface area (Å²) in [5, 5.41) is 10.3. The second-order valence-corrected chi connectivity index (χ2v) is 6.20. The van der Waals surface area contributed by atoms with Gasteiger partial charge in [-0.3, -0.25) is 0 Å². The lowest BCUT2D eigenvalue weighted by molar-refractivity contribution is 0.475. The maximum atomic E-state index is 10.3. The molecule has 1 N–H and O–H groups in total. The number of phenols is 1. The van der Waals surface area contributed by atoms with Crippen LogP contribution in [-0.2, 0) is 0 Å². The Morgan fingerprint density at radius 1 is 0.846 bits per heavy atom. The molecule has 0 aliphatic heterocycles. The highest BCUT2D eigenvalue weighted by Gasteiger charge is 2.12. The molecule has 3 aromatic carbocycles. The van der Waals surface area contributed by atoms with Crippen molar-refractivity contribution in [2.75, 3.05) is 0 Å². The van der Waals surface area contributed by atoms with Crippen LogP contribution in [0.3, 0.4) is 0 Å². The van der Waals surface area contributed by atoms with Crippen molar-refractivity contribution >= 4 is 16.8 Å². The summed E-state index contributed by atoms with van der Waals surface area (Å²) in [5.41, 5.74) is 5.81. The van der Waals surface area contributed by atoms with Gasteiger partial charge in [0.25, 0.3) is 0 Å². The quantitative estimate of drug-likeness (QED) is 0.554. The molecule has 4 nitrogen and oxygen atoms in total. The van der Waals surface area contributed by atoms with Crippen molar-refractivity contribution in [3.05, 3.63) is 83.4 Å². The largest absolute Gasteiger partial charge is 0.507 e. The summed E-state index contributed by atoms with van der Waals surface area (Å²) in [6.07, 6.45) is 0. The zero-order chi connectivity index (χ0) is 18.1. The number of para-hydroxylation sites is 4. The number of aryl methyl sites for hydroxylation is 2. The number of fused-ring (bicyclic) bond motifs is 1. The van der Waals surface area contributed by atoms with Crippen LogP contribution in [0, 0.1) is 13.8 Å². The molecule has 128 valence electrons. The van der Waals surface area contributed by atoms with Gasteiger partial charge < -0.3 is 9.52 Å². The molecule has 4 heteroatoms. The fourth-order valence-electron chi connectivity index (χ4n) is 2.97. The van der Waals surface area contributed by atoms with Crippen molar-refractivity contribution in [1.82, 2.24) is 4.98 Å². The van der Waals surface area contributed by atoms with E-state index in [1.165, 1.54) is 0 Å². The maximum absolute atomic E-state index is 10.3. The summed E-state index contributed by atoms with van der Waals surface area (Å²) in [5.74, 6) is 0.142. The average molecular weight is 342 g/mol. The highest BCUT2D eigenvalue weighted by atomic mass is 16.3. The summed E-state index contributed by atoms with van der Waals surface area (Å²) < 4.78 is 6.08. The molecule has 0 aliphatic carbocycles. The fraction of sp³-hybridized carbons (Fsp3) is 0.0909. The summed E-state index contributed by atoms with van der Waals surface area (Å²) >= 11 is 0. The number of aromatic nitrogens is 1. The molecule has 1 heterocycles. The van der Waals surface area contributed by atoms with Gasteiger partial charge in [0.05, 0.1) is 5.69 Å². The van der Waals surface area contributed by atoms with E-state index in [1.807, 2.05) is 68.4 Å². The first-order chi connectivity index (χ1) is 12.6. The predicted octanol–water partition coefficient (Wildman–Crippen LogP) is 5.05. The molecule has 0 saturated carbocycles. The van der Waals surface area contributed by atoms with E-state index in [0.29, 0.717) is 27.9 Å². The van der Waals surface area contributed by atoms with Crippen LogP contribution in [0.2, 0.25) is 0 Å². The van der Waals surface area contributed by atoms with Gasteiger partial charge in [-0.1, -0.05) is 42.5 Å². The molecule has 0 spiro atoms. The van der Waals surface area contributed by atoms with Crippen LogP contribution in [0.25, 0.3) is 22.4 Å². The molecule has 0 aliphatic rings. The van der Waals surface area contributed by atoms with Crippen LogP contribution in [0.15, 0.2) is 76.1 Å². The number of rotatable bonds is 2. The van der Waals surface area contributed by atoms with Crippen molar-refractivity contribution in [3.63, 3.8) is 0 Å². The van der Waals surface area contributed by atoms with Crippen LogP contribution in [-0.4, -0.2) is 10.1 Å². The van der Waals surface area contributed by atoms with E-state index < -0.39 is 0 Å². The zero-order valence-electron chi connectivity index (χ0n) is 14.6. The number of phenolic OH excluding ortho intramolecular Hbond substituents is 1. The number of aromatic hydroxyl groups is 1. The third kappa shape index (κ3) is 2.86. The lowest BCUT2D eigenvalue weighted by Crippen LogP contribution is -2.09. The van der Waals surface area contributed by atoms with Crippen molar-refractivity contribution in [3.8, 4) is 17.0 Å². The normalized spacial score (nSPS) is 11.8. The van der Waals surface area contributed by atoms with Crippen molar-refractivity contribution in [2.24, 2.45) is 4.99 Å². The lowest BCUT2D eigenvalue weighted by Gasteiger charge is -2.08. The van der Waals surface area contributed by atoms with Gasteiger partial charge in [0.15, 0.2) is 5.58 Å². The van der Waals surface area contributed by atoms with E-state index >= 15 is 0 Å². The topological polar surface area (TPSA) is 58.6 Å². The Kier molecular flexibility index (Phi) is 4.01. The van der Waals surface area contributed by atoms with Crippen LogP contribution in [0.5, 0.6) is 5.75 Å². The van der Waals surface area contributed by atoms with Crippen LogP contribution in [0.4, 0.5) is 5.69 Å². The second kappa shape index (κ2) is 6.48. The maximum Gasteiger partial charge on any atom is 0.246 e. The molecule has 0 fully saturated rings. The molecule has 1 aromatic heterocycles. The number of hydrogen-bond acceptors (Lipinski definition) is 4. The highest BCUT2D eigenvalue weighted by Crippen LogP contribution is 2.28. The first-order valence-corrected chi connectivity index (χ1v) is 8.42. The minimum atomic E-state index is 0.142. The Hall–Kier alpha value is -3.40. The molecular weight excluding hydrogens is 324 g/mol. The van der Waals surface area contributed by atoms with Gasteiger partial charge in [0, 0.05) is 5.56 Å². The summed E-state index contributed by atoms with van der Waals surface area (Å²) in [6.45, 7) is 4.03. The summed E-state index contributed by atoms with van der Waals surface area (Å²) in [7, 11) is 0. The second-order valence-electron chi connectivity index (χ2n) is 6.20. The number of nitrogens with zero attached hydrogens (tertiary/aromatic N) is 2. The molecular formula is C22H18N2O2. The van der Waals surface area contributed by atoms with Crippen LogP contribution < -0.4 is 5.55 Å². The zero-order valence-corrected chi connectivity index (χ0v) is 14.6. The standard InChI is InChI=1S/C22H18N2O2/c1-14-8-7-9-15(2)20(14)24-22-21(16-10-3-5-12-18(16)25)23-17-11-4-6-13-19(17)26-22/h3-13,25H,1-2H3. The summed E-state index contributed by atoms with van der Waals surface area (Å²) in [4.78, 5) is 9.48. The van der Waals surface area contributed by atoms with Crippen LogP contribution in [0.1, 0.15) is 11.1 Å². The summed E-state index contributed by atoms with van der Waals surface area (Å²) in [6, 6.07) is 20.7. The van der Waals surface area contributed by atoms with Gasteiger partial charge in [-0.15, -0.1) is 0 Å². The third-order valence-corrected chi connectivity index (χ3v) is 4.32. The van der Waals surface area contributed by atoms with E-state index in [1.54, 1.807) is 12.1 Å². The molecule has 4 aromatic rings. The third-order valence-electron chi connectivity index (χ3n) is 4.32. The van der Waals surface area contributed by atoms with Gasteiger partial charge in [-0.05, 0) is 49.2 Å². The Bertz CT molecular complexity index is 1160.